The number of fused-ring (bicyclic) bond motifs is 1. The summed E-state index contributed by atoms with van der Waals surface area (Å²) in [5.41, 5.74) is 17.8. The Bertz CT molecular complexity index is 1210. The summed E-state index contributed by atoms with van der Waals surface area (Å²) >= 11 is 0. The monoisotopic (exact) mass is 562 g/mol. The Morgan fingerprint density at radius 1 is 0.950 bits per heavy atom. The molecule has 0 spiro atoms. The standard InChI is InChI=1S/C25H38N8O7/c1-12(34)19(26)23(38)31-17(8-5-9-29-25(27)28)21(36)32-18(22(37)33-20(13(2)35)24(39)40)10-14-11-30-16-7-4-3-6-15(14)16/h3-4,6-7,11-13,17-20,30,34-35H,5,8-10,26H2,1-2H3,(H,31,38)(H,32,36)(H,33,37)(H,39,40)(H4,27,28,29). The largest absolute Gasteiger partial charge is 0.480 e. The fraction of sp³-hybridized carbons (Fsp3) is 0.480. The summed E-state index contributed by atoms with van der Waals surface area (Å²) in [6.07, 6.45) is -0.683. The molecule has 0 aliphatic carbocycles. The number of H-pyrrole nitrogens is 1. The number of aliphatic imine (C=N–C) groups is 1. The maximum absolute atomic E-state index is 13.4. The topological polar surface area (TPSA) is 271 Å². The Morgan fingerprint density at radius 2 is 1.57 bits per heavy atom. The van der Waals surface area contributed by atoms with Crippen LogP contribution in [0.5, 0.6) is 0 Å². The van der Waals surface area contributed by atoms with Crippen LogP contribution in [-0.2, 0) is 25.6 Å². The van der Waals surface area contributed by atoms with Crippen LogP contribution in [0, 0.1) is 0 Å². The molecule has 1 heterocycles. The number of aromatic amines is 1. The third-order valence-electron chi connectivity index (χ3n) is 6.18. The van der Waals surface area contributed by atoms with Gasteiger partial charge in [-0.25, -0.2) is 4.79 Å². The van der Waals surface area contributed by atoms with Gasteiger partial charge in [0.15, 0.2) is 12.0 Å². The van der Waals surface area contributed by atoms with Crippen LogP contribution < -0.4 is 33.2 Å². The van der Waals surface area contributed by atoms with E-state index in [4.69, 9.17) is 17.2 Å². The van der Waals surface area contributed by atoms with Crippen molar-refractivity contribution in [2.24, 2.45) is 22.2 Å². The fourth-order valence-corrected chi connectivity index (χ4v) is 3.90. The zero-order chi connectivity index (χ0) is 30.0. The van der Waals surface area contributed by atoms with Crippen LogP contribution in [-0.4, -0.2) is 92.9 Å². The molecule has 2 aromatic rings. The number of benzene rings is 1. The molecule has 15 heteroatoms. The van der Waals surface area contributed by atoms with E-state index in [9.17, 15) is 34.5 Å². The van der Waals surface area contributed by atoms with E-state index in [-0.39, 0.29) is 31.8 Å². The van der Waals surface area contributed by atoms with Crippen molar-refractivity contribution in [3.05, 3.63) is 36.0 Å². The van der Waals surface area contributed by atoms with Gasteiger partial charge in [0.1, 0.15) is 18.1 Å². The summed E-state index contributed by atoms with van der Waals surface area (Å²) < 4.78 is 0. The summed E-state index contributed by atoms with van der Waals surface area (Å²) in [6.45, 7) is 2.68. The first kappa shape index (κ1) is 32.0. The van der Waals surface area contributed by atoms with E-state index in [2.05, 4.69) is 25.9 Å². The van der Waals surface area contributed by atoms with E-state index in [1.54, 1.807) is 12.3 Å². The van der Waals surface area contributed by atoms with Gasteiger partial charge in [0.2, 0.25) is 17.7 Å². The van der Waals surface area contributed by atoms with Crippen LogP contribution in [0.1, 0.15) is 32.3 Å². The smallest absolute Gasteiger partial charge is 0.328 e. The number of carbonyl (C=O) groups excluding carboxylic acids is 3. The van der Waals surface area contributed by atoms with Crippen molar-refractivity contribution >= 4 is 40.6 Å². The van der Waals surface area contributed by atoms with Gasteiger partial charge in [0.05, 0.1) is 12.2 Å². The molecule has 2 rings (SSSR count). The van der Waals surface area contributed by atoms with Crippen LogP contribution in [0.15, 0.2) is 35.5 Å². The van der Waals surface area contributed by atoms with E-state index < -0.39 is 60.1 Å². The second-order valence-corrected chi connectivity index (χ2v) is 9.47. The van der Waals surface area contributed by atoms with Crippen molar-refractivity contribution in [1.82, 2.24) is 20.9 Å². The maximum atomic E-state index is 13.4. The van der Waals surface area contributed by atoms with Gasteiger partial charge in [-0.05, 0) is 38.3 Å². The quantitative estimate of drug-likeness (QED) is 0.0613. The summed E-state index contributed by atoms with van der Waals surface area (Å²) in [5.74, 6) is -4.03. The highest BCUT2D eigenvalue weighted by molar-refractivity contribution is 5.95. The lowest BCUT2D eigenvalue weighted by Crippen LogP contribution is -2.59. The van der Waals surface area contributed by atoms with E-state index in [1.165, 1.54) is 13.8 Å². The predicted molar refractivity (Wildman–Crippen MR) is 147 cm³/mol. The molecule has 0 fully saturated rings. The number of carbonyl (C=O) groups is 4. The van der Waals surface area contributed by atoms with E-state index in [0.717, 1.165) is 10.9 Å². The number of aromatic nitrogens is 1. The minimum Gasteiger partial charge on any atom is -0.480 e. The SMILES string of the molecule is CC(O)C(N)C(=O)NC(CCCN=C(N)N)C(=O)NC(Cc1c[nH]c2ccccc12)C(=O)NC(C(=O)O)C(C)O. The third kappa shape index (κ3) is 9.21. The lowest BCUT2D eigenvalue weighted by molar-refractivity contribution is -0.145. The molecule has 220 valence electrons. The lowest BCUT2D eigenvalue weighted by atomic mass is 10.0. The molecule has 0 radical (unpaired) electrons. The number of hydrogen-bond donors (Lipinski definition) is 10. The third-order valence-corrected chi connectivity index (χ3v) is 6.18. The number of amides is 3. The number of nitrogens with two attached hydrogens (primary N) is 3. The van der Waals surface area contributed by atoms with Gasteiger partial charge in [0, 0.05) is 30.1 Å². The second-order valence-electron chi connectivity index (χ2n) is 9.47. The number of para-hydroxylation sites is 1. The highest BCUT2D eigenvalue weighted by Gasteiger charge is 2.32. The highest BCUT2D eigenvalue weighted by atomic mass is 16.4. The van der Waals surface area contributed by atoms with E-state index in [0.29, 0.717) is 5.56 Å². The molecule has 3 amide bonds. The average Bonchev–Trinajstić information content (AvgIpc) is 3.29. The molecule has 0 saturated heterocycles. The molecule has 13 N–H and O–H groups in total. The van der Waals surface area contributed by atoms with Gasteiger partial charge in [0.25, 0.3) is 0 Å². The Hall–Kier alpha value is -4.21. The summed E-state index contributed by atoms with van der Waals surface area (Å²) in [7, 11) is 0. The Balaban J connectivity index is 2.34. The molecule has 0 aliphatic heterocycles. The van der Waals surface area contributed by atoms with Gasteiger partial charge in [-0.15, -0.1) is 0 Å². The molecular weight excluding hydrogens is 524 g/mol. The van der Waals surface area contributed by atoms with Gasteiger partial charge in [-0.3, -0.25) is 19.4 Å². The van der Waals surface area contributed by atoms with Crippen LogP contribution in [0.4, 0.5) is 0 Å². The Kier molecular flexibility index (Phi) is 11.8. The van der Waals surface area contributed by atoms with Crippen molar-refractivity contribution in [1.29, 1.82) is 0 Å². The summed E-state index contributed by atoms with van der Waals surface area (Å²) in [5, 5.41) is 37.1. The van der Waals surface area contributed by atoms with Crippen molar-refractivity contribution in [2.75, 3.05) is 6.54 Å². The van der Waals surface area contributed by atoms with Crippen LogP contribution >= 0.6 is 0 Å². The molecule has 1 aromatic heterocycles. The Labute approximate surface area is 230 Å². The summed E-state index contributed by atoms with van der Waals surface area (Å²) in [4.78, 5) is 57.7. The van der Waals surface area contributed by atoms with Crippen LogP contribution in [0.2, 0.25) is 0 Å². The number of aliphatic carboxylic acids is 1. The van der Waals surface area contributed by atoms with Gasteiger partial charge < -0.3 is 53.5 Å². The van der Waals surface area contributed by atoms with Crippen molar-refractivity contribution in [2.45, 2.75) is 69.5 Å². The molecule has 0 bridgehead atoms. The number of aliphatic hydroxyl groups is 2. The molecule has 1 aromatic carbocycles. The number of nitrogens with one attached hydrogen (secondary N) is 4. The number of carboxylic acids is 1. The molecule has 6 unspecified atom stereocenters. The highest BCUT2D eigenvalue weighted by Crippen LogP contribution is 2.19. The minimum atomic E-state index is -1.63. The van der Waals surface area contributed by atoms with Crippen molar-refractivity contribution in [3.63, 3.8) is 0 Å². The first-order valence-electron chi connectivity index (χ1n) is 12.7. The van der Waals surface area contributed by atoms with Crippen LogP contribution in [0.3, 0.4) is 0 Å². The van der Waals surface area contributed by atoms with Gasteiger partial charge in [-0.2, -0.15) is 0 Å². The zero-order valence-electron chi connectivity index (χ0n) is 22.3. The number of rotatable bonds is 15. The molecule has 6 atom stereocenters. The zero-order valence-corrected chi connectivity index (χ0v) is 22.3. The number of hydrogen-bond acceptors (Lipinski definition) is 8. The lowest BCUT2D eigenvalue weighted by Gasteiger charge is -2.26. The fourth-order valence-electron chi connectivity index (χ4n) is 3.90. The molecule has 0 aliphatic rings. The molecule has 40 heavy (non-hydrogen) atoms. The number of nitrogens with zero attached hydrogens (tertiary/aromatic N) is 1. The number of aliphatic hydroxyl groups excluding tert-OH is 2. The first-order chi connectivity index (χ1) is 18.8. The Morgan fingerprint density at radius 3 is 2.17 bits per heavy atom. The summed E-state index contributed by atoms with van der Waals surface area (Å²) in [6, 6.07) is 1.82. The number of guanidine groups is 1. The van der Waals surface area contributed by atoms with Crippen molar-refractivity contribution in [3.8, 4) is 0 Å². The van der Waals surface area contributed by atoms with Gasteiger partial charge in [-0.1, -0.05) is 18.2 Å². The van der Waals surface area contributed by atoms with E-state index >= 15 is 0 Å². The second kappa shape index (κ2) is 14.8. The predicted octanol–water partition coefficient (Wildman–Crippen LogP) is -2.61. The van der Waals surface area contributed by atoms with E-state index in [1.807, 2.05) is 18.2 Å². The molecular formula is C25H38N8O7. The van der Waals surface area contributed by atoms with Gasteiger partial charge >= 0.3 is 5.97 Å². The molecule has 0 saturated carbocycles. The number of carboxylic acid groups (broad SMARTS) is 1. The average molecular weight is 563 g/mol. The minimum absolute atomic E-state index is 0.0460. The van der Waals surface area contributed by atoms with Crippen LogP contribution in [0.25, 0.3) is 10.9 Å². The molecule has 15 nitrogen and oxygen atoms in total. The van der Waals surface area contributed by atoms with Crippen molar-refractivity contribution < 1.29 is 34.5 Å². The normalized spacial score (nSPS) is 15.6. The first-order valence-corrected chi connectivity index (χ1v) is 12.7. The maximum Gasteiger partial charge on any atom is 0.328 e.